The zero-order valence-electron chi connectivity index (χ0n) is 13.7. The number of benzene rings is 1. The minimum atomic E-state index is -0.118. The summed E-state index contributed by atoms with van der Waals surface area (Å²) >= 11 is 0. The van der Waals surface area contributed by atoms with Gasteiger partial charge in [0.1, 0.15) is 0 Å². The molecule has 0 saturated carbocycles. The third-order valence-corrected chi connectivity index (χ3v) is 4.79. The van der Waals surface area contributed by atoms with Gasteiger partial charge in [-0.2, -0.15) is 0 Å². The smallest absolute Gasteiger partial charge is 0.230 e. The zero-order chi connectivity index (χ0) is 16.1. The van der Waals surface area contributed by atoms with Gasteiger partial charge in [-0.1, -0.05) is 43.3 Å². The third kappa shape index (κ3) is 3.61. The fraction of sp³-hybridized carbons (Fsp3) is 0.400. The van der Waals surface area contributed by atoms with Gasteiger partial charge in [-0.25, -0.2) is 0 Å². The summed E-state index contributed by atoms with van der Waals surface area (Å²) in [5, 5.41) is 0. The Bertz CT molecular complexity index is 627. The summed E-state index contributed by atoms with van der Waals surface area (Å²) in [6.45, 7) is 3.07. The average molecular weight is 308 g/mol. The SMILES string of the molecule is CCC1CCCN1C(=O)C(Cc1cccnc1)c1ccccc1. The third-order valence-electron chi connectivity index (χ3n) is 4.79. The summed E-state index contributed by atoms with van der Waals surface area (Å²) in [5.41, 5.74) is 2.21. The molecule has 3 rings (SSSR count). The molecule has 1 aromatic carbocycles. The molecule has 0 N–H and O–H groups in total. The fourth-order valence-electron chi connectivity index (χ4n) is 3.54. The van der Waals surface area contributed by atoms with Crippen LogP contribution in [-0.2, 0) is 11.2 Å². The van der Waals surface area contributed by atoms with Gasteiger partial charge in [-0.15, -0.1) is 0 Å². The van der Waals surface area contributed by atoms with E-state index in [2.05, 4.69) is 35.0 Å². The number of pyridine rings is 1. The molecule has 0 bridgehead atoms. The zero-order valence-corrected chi connectivity index (χ0v) is 13.7. The monoisotopic (exact) mass is 308 g/mol. The van der Waals surface area contributed by atoms with Crippen LogP contribution < -0.4 is 0 Å². The van der Waals surface area contributed by atoms with E-state index in [1.54, 1.807) is 6.20 Å². The van der Waals surface area contributed by atoms with Crippen LogP contribution in [0.1, 0.15) is 43.2 Å². The number of hydrogen-bond acceptors (Lipinski definition) is 2. The Morgan fingerprint density at radius 3 is 2.78 bits per heavy atom. The van der Waals surface area contributed by atoms with Gasteiger partial charge in [0.2, 0.25) is 5.91 Å². The van der Waals surface area contributed by atoms with Crippen LogP contribution >= 0.6 is 0 Å². The largest absolute Gasteiger partial charge is 0.339 e. The van der Waals surface area contributed by atoms with Gasteiger partial charge in [-0.3, -0.25) is 9.78 Å². The standard InChI is InChI=1S/C20H24N2O/c1-2-18-11-7-13-22(18)20(23)19(17-9-4-3-5-10-17)14-16-8-6-12-21-15-16/h3-6,8-10,12,15,18-19H,2,7,11,13-14H2,1H3. The summed E-state index contributed by atoms with van der Waals surface area (Å²) in [5.74, 6) is 0.150. The van der Waals surface area contributed by atoms with Crippen molar-refractivity contribution >= 4 is 5.91 Å². The minimum Gasteiger partial charge on any atom is -0.339 e. The molecule has 3 nitrogen and oxygen atoms in total. The number of aromatic nitrogens is 1. The number of amides is 1. The predicted molar refractivity (Wildman–Crippen MR) is 92.2 cm³/mol. The summed E-state index contributed by atoms with van der Waals surface area (Å²) in [6, 6.07) is 14.6. The number of carbonyl (C=O) groups excluding carboxylic acids is 1. The summed E-state index contributed by atoms with van der Waals surface area (Å²) < 4.78 is 0. The molecule has 1 aliphatic heterocycles. The van der Waals surface area contributed by atoms with Crippen molar-refractivity contribution < 1.29 is 4.79 Å². The summed E-state index contributed by atoms with van der Waals surface area (Å²) in [7, 11) is 0. The van der Waals surface area contributed by atoms with Crippen molar-refractivity contribution in [2.75, 3.05) is 6.54 Å². The van der Waals surface area contributed by atoms with E-state index < -0.39 is 0 Å². The lowest BCUT2D eigenvalue weighted by Gasteiger charge is -2.28. The van der Waals surface area contributed by atoms with Gasteiger partial charge in [0.05, 0.1) is 5.92 Å². The summed E-state index contributed by atoms with van der Waals surface area (Å²) in [4.78, 5) is 19.5. The van der Waals surface area contributed by atoms with Crippen molar-refractivity contribution in [1.82, 2.24) is 9.88 Å². The van der Waals surface area contributed by atoms with E-state index in [0.717, 1.165) is 36.9 Å². The van der Waals surface area contributed by atoms with Gasteiger partial charge in [0.15, 0.2) is 0 Å². The molecular weight excluding hydrogens is 284 g/mol. The highest BCUT2D eigenvalue weighted by Crippen LogP contribution is 2.28. The molecule has 0 aliphatic carbocycles. The van der Waals surface area contributed by atoms with Gasteiger partial charge in [0.25, 0.3) is 0 Å². The Balaban J connectivity index is 1.87. The molecule has 2 atom stereocenters. The van der Waals surface area contributed by atoms with Crippen molar-refractivity contribution in [3.63, 3.8) is 0 Å². The maximum Gasteiger partial charge on any atom is 0.230 e. The normalized spacial score (nSPS) is 18.8. The van der Waals surface area contributed by atoms with E-state index in [0.29, 0.717) is 12.5 Å². The number of likely N-dealkylation sites (tertiary alicyclic amines) is 1. The van der Waals surface area contributed by atoms with Gasteiger partial charge < -0.3 is 4.90 Å². The van der Waals surface area contributed by atoms with Crippen LogP contribution in [0.3, 0.4) is 0 Å². The van der Waals surface area contributed by atoms with Crippen LogP contribution in [0, 0.1) is 0 Å². The molecule has 2 aromatic rings. The van der Waals surface area contributed by atoms with Crippen LogP contribution in [-0.4, -0.2) is 28.4 Å². The molecule has 1 aromatic heterocycles. The molecule has 120 valence electrons. The first kappa shape index (κ1) is 15.7. The molecule has 0 spiro atoms. The van der Waals surface area contributed by atoms with E-state index in [1.165, 1.54) is 0 Å². The quantitative estimate of drug-likeness (QED) is 0.841. The summed E-state index contributed by atoms with van der Waals surface area (Å²) in [6.07, 6.45) is 7.65. The molecule has 2 unspecified atom stereocenters. The molecule has 0 radical (unpaired) electrons. The highest BCUT2D eigenvalue weighted by atomic mass is 16.2. The van der Waals surface area contributed by atoms with Crippen molar-refractivity contribution in [2.45, 2.75) is 44.6 Å². The van der Waals surface area contributed by atoms with E-state index in [9.17, 15) is 4.79 Å². The van der Waals surface area contributed by atoms with Crippen LogP contribution in [0.4, 0.5) is 0 Å². The Morgan fingerprint density at radius 1 is 1.26 bits per heavy atom. The Morgan fingerprint density at radius 2 is 2.09 bits per heavy atom. The number of rotatable bonds is 5. The van der Waals surface area contributed by atoms with Crippen LogP contribution in [0.15, 0.2) is 54.9 Å². The maximum absolute atomic E-state index is 13.2. The second-order valence-electron chi connectivity index (χ2n) is 6.26. The lowest BCUT2D eigenvalue weighted by molar-refractivity contribution is -0.133. The van der Waals surface area contributed by atoms with Crippen molar-refractivity contribution in [2.24, 2.45) is 0 Å². The van der Waals surface area contributed by atoms with Gasteiger partial charge in [-0.05, 0) is 42.9 Å². The molecule has 2 heterocycles. The van der Waals surface area contributed by atoms with Crippen LogP contribution in [0.5, 0.6) is 0 Å². The fourth-order valence-corrected chi connectivity index (χ4v) is 3.54. The van der Waals surface area contributed by atoms with E-state index >= 15 is 0 Å². The van der Waals surface area contributed by atoms with Gasteiger partial charge >= 0.3 is 0 Å². The van der Waals surface area contributed by atoms with Crippen molar-refractivity contribution in [3.05, 3.63) is 66.0 Å². The first-order valence-corrected chi connectivity index (χ1v) is 8.54. The Hall–Kier alpha value is -2.16. The highest BCUT2D eigenvalue weighted by Gasteiger charge is 2.32. The van der Waals surface area contributed by atoms with E-state index in [1.807, 2.05) is 30.5 Å². The molecule has 1 fully saturated rings. The minimum absolute atomic E-state index is 0.118. The second-order valence-corrected chi connectivity index (χ2v) is 6.26. The second kappa shape index (κ2) is 7.40. The maximum atomic E-state index is 13.2. The molecule has 1 amide bonds. The number of carbonyl (C=O) groups is 1. The lowest BCUT2D eigenvalue weighted by Crippen LogP contribution is -2.39. The van der Waals surface area contributed by atoms with Gasteiger partial charge in [0, 0.05) is 25.0 Å². The topological polar surface area (TPSA) is 33.2 Å². The lowest BCUT2D eigenvalue weighted by atomic mass is 9.91. The average Bonchev–Trinajstić information content (AvgIpc) is 3.09. The predicted octanol–water partition coefficient (Wildman–Crippen LogP) is 3.81. The molecule has 3 heteroatoms. The van der Waals surface area contributed by atoms with Crippen molar-refractivity contribution in [3.8, 4) is 0 Å². The molecule has 1 saturated heterocycles. The molecule has 1 aliphatic rings. The first-order chi connectivity index (χ1) is 11.3. The highest BCUT2D eigenvalue weighted by molar-refractivity contribution is 5.84. The van der Waals surface area contributed by atoms with Crippen molar-refractivity contribution in [1.29, 1.82) is 0 Å². The Kier molecular flexibility index (Phi) is 5.06. The first-order valence-electron chi connectivity index (χ1n) is 8.54. The Labute approximate surface area is 138 Å². The molecular formula is C20H24N2O. The number of nitrogens with zero attached hydrogens (tertiary/aromatic N) is 2. The van der Waals surface area contributed by atoms with E-state index in [4.69, 9.17) is 0 Å². The number of hydrogen-bond donors (Lipinski definition) is 0. The van der Waals surface area contributed by atoms with Crippen LogP contribution in [0.25, 0.3) is 0 Å². The van der Waals surface area contributed by atoms with Crippen LogP contribution in [0.2, 0.25) is 0 Å². The molecule has 23 heavy (non-hydrogen) atoms. The van der Waals surface area contributed by atoms with E-state index in [-0.39, 0.29) is 11.8 Å².